The summed E-state index contributed by atoms with van der Waals surface area (Å²) in [6.45, 7) is 0. The van der Waals surface area contributed by atoms with E-state index in [9.17, 15) is 4.79 Å². The van der Waals surface area contributed by atoms with Crippen molar-refractivity contribution in [1.29, 1.82) is 0 Å². The lowest BCUT2D eigenvalue weighted by molar-refractivity contribution is -0.134. The van der Waals surface area contributed by atoms with Gasteiger partial charge < -0.3 is 4.74 Å². The first-order valence-corrected chi connectivity index (χ1v) is 4.60. The van der Waals surface area contributed by atoms with Crippen LogP contribution in [-0.4, -0.2) is 13.1 Å². The molecule has 14 heavy (non-hydrogen) atoms. The number of halogens is 2. The number of ether oxygens (including phenoxy) is 1. The molecule has 0 aromatic heterocycles. The molecule has 0 aliphatic rings. The van der Waals surface area contributed by atoms with Gasteiger partial charge in [0.2, 0.25) is 0 Å². The van der Waals surface area contributed by atoms with Crippen LogP contribution >= 0.6 is 23.2 Å². The highest BCUT2D eigenvalue weighted by atomic mass is 35.5. The highest BCUT2D eigenvalue weighted by Gasteiger charge is 1.97. The first-order chi connectivity index (χ1) is 6.63. The zero-order valence-electron chi connectivity index (χ0n) is 7.46. The molecule has 1 rings (SSSR count). The van der Waals surface area contributed by atoms with Crippen LogP contribution < -0.4 is 0 Å². The van der Waals surface area contributed by atoms with Gasteiger partial charge >= 0.3 is 5.97 Å². The van der Waals surface area contributed by atoms with Crippen molar-refractivity contribution in [2.45, 2.75) is 0 Å². The Morgan fingerprint density at radius 1 is 1.36 bits per heavy atom. The van der Waals surface area contributed by atoms with Gasteiger partial charge in [0.25, 0.3) is 0 Å². The fourth-order valence-corrected chi connectivity index (χ4v) is 1.15. The fourth-order valence-electron chi connectivity index (χ4n) is 0.848. The summed E-state index contributed by atoms with van der Waals surface area (Å²) in [5.41, 5.74) is 0.796. The topological polar surface area (TPSA) is 26.3 Å². The van der Waals surface area contributed by atoms with Crippen LogP contribution in [0, 0.1) is 0 Å². The number of hydrogen-bond acceptors (Lipinski definition) is 2. The Labute approximate surface area is 92.1 Å². The molecule has 0 unspecified atom stereocenters. The van der Waals surface area contributed by atoms with E-state index in [1.807, 2.05) is 0 Å². The van der Waals surface area contributed by atoms with E-state index >= 15 is 0 Å². The molecule has 2 nitrogen and oxygen atoms in total. The maximum absolute atomic E-state index is 10.8. The van der Waals surface area contributed by atoms with Crippen LogP contribution in [-0.2, 0) is 9.53 Å². The Kier molecular flexibility index (Phi) is 3.98. The number of esters is 1. The summed E-state index contributed by atoms with van der Waals surface area (Å²) < 4.78 is 4.44. The fraction of sp³-hybridized carbons (Fsp3) is 0.100. The van der Waals surface area contributed by atoms with Gasteiger partial charge in [-0.3, -0.25) is 0 Å². The van der Waals surface area contributed by atoms with E-state index in [0.717, 1.165) is 5.56 Å². The molecule has 0 radical (unpaired) electrons. The first kappa shape index (κ1) is 11.1. The number of hydrogen-bond donors (Lipinski definition) is 0. The third-order valence-electron chi connectivity index (χ3n) is 1.56. The van der Waals surface area contributed by atoms with Crippen molar-refractivity contribution in [1.82, 2.24) is 0 Å². The van der Waals surface area contributed by atoms with Crippen LogP contribution in [0.4, 0.5) is 0 Å². The lowest BCUT2D eigenvalue weighted by Crippen LogP contribution is -1.93. The maximum atomic E-state index is 10.8. The summed E-state index contributed by atoms with van der Waals surface area (Å²) >= 11 is 11.5. The summed E-state index contributed by atoms with van der Waals surface area (Å²) in [5, 5.41) is 0.945. The van der Waals surface area contributed by atoms with Crippen LogP contribution in [0.5, 0.6) is 0 Å². The minimum Gasteiger partial charge on any atom is -0.466 e. The third-order valence-corrected chi connectivity index (χ3v) is 2.30. The molecule has 0 amide bonds. The monoisotopic (exact) mass is 230 g/mol. The molecule has 0 N–H and O–H groups in total. The van der Waals surface area contributed by atoms with Gasteiger partial charge in [-0.15, -0.1) is 0 Å². The Hall–Kier alpha value is -0.990. The Bertz CT molecular complexity index is 372. The highest BCUT2D eigenvalue weighted by molar-refractivity contribution is 6.42. The van der Waals surface area contributed by atoms with Gasteiger partial charge in [-0.25, -0.2) is 4.79 Å². The van der Waals surface area contributed by atoms with Crippen LogP contribution in [0.2, 0.25) is 10.0 Å². The Balaban J connectivity index is 2.83. The number of rotatable bonds is 2. The van der Waals surface area contributed by atoms with Crippen molar-refractivity contribution in [3.63, 3.8) is 0 Å². The largest absolute Gasteiger partial charge is 0.466 e. The molecule has 0 saturated carbocycles. The third kappa shape index (κ3) is 3.05. The molecule has 0 fully saturated rings. The van der Waals surface area contributed by atoms with Gasteiger partial charge in [0.15, 0.2) is 0 Å². The molecule has 0 spiro atoms. The molecule has 0 aliphatic carbocycles. The van der Waals surface area contributed by atoms with E-state index in [4.69, 9.17) is 23.2 Å². The van der Waals surface area contributed by atoms with E-state index in [-0.39, 0.29) is 0 Å². The van der Waals surface area contributed by atoms with Crippen LogP contribution in [0.3, 0.4) is 0 Å². The molecular formula is C10H8Cl2O2. The summed E-state index contributed by atoms with van der Waals surface area (Å²) in [7, 11) is 1.32. The average molecular weight is 231 g/mol. The number of carbonyl (C=O) groups is 1. The smallest absolute Gasteiger partial charge is 0.330 e. The lowest BCUT2D eigenvalue weighted by atomic mass is 10.2. The summed E-state index contributed by atoms with van der Waals surface area (Å²) in [6, 6.07) is 5.10. The quantitative estimate of drug-likeness (QED) is 0.577. The molecule has 0 aliphatic heterocycles. The zero-order chi connectivity index (χ0) is 10.6. The number of carbonyl (C=O) groups excluding carboxylic acids is 1. The minimum atomic E-state index is -0.406. The number of methoxy groups -OCH3 is 1. The predicted molar refractivity (Wildman–Crippen MR) is 57.5 cm³/mol. The van der Waals surface area contributed by atoms with Gasteiger partial charge in [0.05, 0.1) is 17.2 Å². The van der Waals surface area contributed by atoms with E-state index in [2.05, 4.69) is 4.74 Å². The van der Waals surface area contributed by atoms with E-state index < -0.39 is 5.97 Å². The van der Waals surface area contributed by atoms with Crippen molar-refractivity contribution in [2.24, 2.45) is 0 Å². The summed E-state index contributed by atoms with van der Waals surface area (Å²) in [5.74, 6) is -0.406. The molecule has 0 bridgehead atoms. The predicted octanol–water partition coefficient (Wildman–Crippen LogP) is 3.18. The van der Waals surface area contributed by atoms with Gasteiger partial charge in [-0.2, -0.15) is 0 Å². The number of benzene rings is 1. The van der Waals surface area contributed by atoms with Crippen LogP contribution in [0.15, 0.2) is 24.3 Å². The Morgan fingerprint density at radius 2 is 2.07 bits per heavy atom. The van der Waals surface area contributed by atoms with E-state index in [0.29, 0.717) is 10.0 Å². The Morgan fingerprint density at radius 3 is 2.64 bits per heavy atom. The van der Waals surface area contributed by atoms with Crippen molar-refractivity contribution < 1.29 is 9.53 Å². The molecule has 74 valence electrons. The van der Waals surface area contributed by atoms with Gasteiger partial charge in [-0.1, -0.05) is 29.3 Å². The van der Waals surface area contributed by atoms with E-state index in [1.54, 1.807) is 24.3 Å². The lowest BCUT2D eigenvalue weighted by Gasteiger charge is -1.97. The second-order valence-corrected chi connectivity index (χ2v) is 3.34. The molecule has 0 saturated heterocycles. The zero-order valence-corrected chi connectivity index (χ0v) is 8.97. The summed E-state index contributed by atoms with van der Waals surface area (Å²) in [6.07, 6.45) is 2.92. The maximum Gasteiger partial charge on any atom is 0.330 e. The van der Waals surface area contributed by atoms with Crippen molar-refractivity contribution >= 4 is 35.2 Å². The van der Waals surface area contributed by atoms with Gasteiger partial charge in [-0.05, 0) is 23.8 Å². The highest BCUT2D eigenvalue weighted by Crippen LogP contribution is 2.22. The normalized spacial score (nSPS) is 10.5. The van der Waals surface area contributed by atoms with E-state index in [1.165, 1.54) is 13.2 Å². The second-order valence-electron chi connectivity index (χ2n) is 2.53. The second kappa shape index (κ2) is 5.03. The first-order valence-electron chi connectivity index (χ1n) is 3.84. The van der Waals surface area contributed by atoms with Crippen molar-refractivity contribution in [3.8, 4) is 0 Å². The van der Waals surface area contributed by atoms with Crippen molar-refractivity contribution in [3.05, 3.63) is 39.9 Å². The standard InChI is InChI=1S/C10H8Cl2O2/c1-14-10(13)5-3-7-2-4-8(11)9(12)6-7/h2-6H,1H3/b5-3+. The van der Waals surface area contributed by atoms with Crippen LogP contribution in [0.1, 0.15) is 5.56 Å². The van der Waals surface area contributed by atoms with Crippen molar-refractivity contribution in [2.75, 3.05) is 7.11 Å². The minimum absolute atomic E-state index is 0.406. The van der Waals surface area contributed by atoms with Crippen LogP contribution in [0.25, 0.3) is 6.08 Å². The molecule has 1 aromatic carbocycles. The summed E-state index contributed by atoms with van der Waals surface area (Å²) in [4.78, 5) is 10.8. The molecular weight excluding hydrogens is 223 g/mol. The SMILES string of the molecule is COC(=O)/C=C/c1ccc(Cl)c(Cl)c1. The molecule has 0 heterocycles. The average Bonchev–Trinajstić information content (AvgIpc) is 2.19. The van der Waals surface area contributed by atoms with Gasteiger partial charge in [0.1, 0.15) is 0 Å². The molecule has 0 atom stereocenters. The molecule has 1 aromatic rings. The molecule has 4 heteroatoms. The van der Waals surface area contributed by atoms with Gasteiger partial charge in [0, 0.05) is 6.08 Å².